The van der Waals surface area contributed by atoms with E-state index in [-0.39, 0.29) is 17.6 Å². The van der Waals surface area contributed by atoms with E-state index in [9.17, 15) is 13.0 Å². The van der Waals surface area contributed by atoms with Gasteiger partial charge in [-0.2, -0.15) is 0 Å². The maximum Gasteiger partial charge on any atom is 0.168 e. The summed E-state index contributed by atoms with van der Waals surface area (Å²) in [5.41, 5.74) is 0. The molecule has 0 unspecified atom stereocenters. The molecule has 0 rings (SSSR count). The largest absolute Gasteiger partial charge is 0.744 e. The molecule has 5 nitrogen and oxygen atoms in total. The summed E-state index contributed by atoms with van der Waals surface area (Å²) in [5, 5.41) is 8.49. The van der Waals surface area contributed by atoms with Crippen LogP contribution in [0.15, 0.2) is 0 Å². The number of aliphatic hydroxyl groups is 1. The highest BCUT2D eigenvalue weighted by Gasteiger charge is 2.17. The van der Waals surface area contributed by atoms with Crippen LogP contribution in [0.25, 0.3) is 0 Å². The quantitative estimate of drug-likeness (QED) is 0.427. The molecule has 0 aromatic carbocycles. The fraction of sp³-hybridized carbons (Fsp3) is 1.00. The summed E-state index contributed by atoms with van der Waals surface area (Å²) in [6.07, 6.45) is 0. The Morgan fingerprint density at radius 2 is 1.91 bits per heavy atom. The van der Waals surface area contributed by atoms with Gasteiger partial charge >= 0.3 is 0 Å². The number of rotatable bonds is 4. The first-order valence-corrected chi connectivity index (χ1v) is 4.71. The van der Waals surface area contributed by atoms with Gasteiger partial charge in [0.2, 0.25) is 0 Å². The number of aliphatic hydroxyl groups excluding tert-OH is 1. The van der Waals surface area contributed by atoms with Gasteiger partial charge in [0.05, 0.1) is 20.7 Å². The number of nitrogens with zero attached hydrogens (tertiary/aromatic N) is 1. The fourth-order valence-corrected chi connectivity index (χ4v) is 1.75. The SMILES string of the molecule is C[N+](C)(CCO)CS(=O)(=O)[O-]. The Hall–Kier alpha value is -0.170. The average Bonchev–Trinajstić information content (AvgIpc) is 1.55. The molecule has 11 heavy (non-hydrogen) atoms. The van der Waals surface area contributed by atoms with Crippen LogP contribution in [-0.4, -0.2) is 55.7 Å². The normalized spacial score (nSPS) is 13.5. The molecule has 0 spiro atoms. The molecule has 0 fully saturated rings. The first-order valence-electron chi connectivity index (χ1n) is 3.13. The van der Waals surface area contributed by atoms with E-state index in [4.69, 9.17) is 5.11 Å². The molecule has 0 heterocycles. The van der Waals surface area contributed by atoms with Gasteiger partial charge in [-0.25, -0.2) is 8.42 Å². The topological polar surface area (TPSA) is 77.4 Å². The molecule has 0 bridgehead atoms. The van der Waals surface area contributed by atoms with Gasteiger partial charge < -0.3 is 14.1 Å². The Kier molecular flexibility index (Phi) is 3.43. The lowest BCUT2D eigenvalue weighted by atomic mass is 10.5. The summed E-state index contributed by atoms with van der Waals surface area (Å²) in [5.74, 6) is -0.479. The van der Waals surface area contributed by atoms with Crippen LogP contribution in [0.4, 0.5) is 0 Å². The van der Waals surface area contributed by atoms with Crippen LogP contribution in [0.3, 0.4) is 0 Å². The van der Waals surface area contributed by atoms with Gasteiger partial charge in [-0.1, -0.05) is 0 Å². The lowest BCUT2D eigenvalue weighted by Gasteiger charge is -2.29. The lowest BCUT2D eigenvalue weighted by Crippen LogP contribution is -2.45. The molecule has 0 aliphatic carbocycles. The first-order chi connectivity index (χ1) is 4.77. The number of hydrogen-bond donors (Lipinski definition) is 1. The molecule has 68 valence electrons. The zero-order chi connectivity index (χ0) is 9.12. The van der Waals surface area contributed by atoms with Gasteiger partial charge in [0, 0.05) is 0 Å². The van der Waals surface area contributed by atoms with Crippen LogP contribution >= 0.6 is 0 Å². The van der Waals surface area contributed by atoms with Crippen LogP contribution in [0.2, 0.25) is 0 Å². The van der Waals surface area contributed by atoms with E-state index in [1.165, 1.54) is 0 Å². The summed E-state index contributed by atoms with van der Waals surface area (Å²) in [7, 11) is -1.04. The van der Waals surface area contributed by atoms with Gasteiger partial charge in [0.25, 0.3) is 0 Å². The standard InChI is InChI=1S/C5H13NO4S/c1-6(2,3-4-7)5-11(8,9)10/h7H,3-5H2,1-2H3. The van der Waals surface area contributed by atoms with Crippen molar-refractivity contribution in [3.63, 3.8) is 0 Å². The third-order valence-electron chi connectivity index (χ3n) is 1.21. The van der Waals surface area contributed by atoms with Crippen LogP contribution in [-0.2, 0) is 10.1 Å². The van der Waals surface area contributed by atoms with E-state index < -0.39 is 16.0 Å². The van der Waals surface area contributed by atoms with Gasteiger partial charge in [-0.3, -0.25) is 0 Å². The molecule has 0 aliphatic rings. The van der Waals surface area contributed by atoms with Gasteiger partial charge in [-0.05, 0) is 0 Å². The van der Waals surface area contributed by atoms with Crippen molar-refractivity contribution >= 4 is 10.1 Å². The third-order valence-corrected chi connectivity index (χ3v) is 2.23. The maximum absolute atomic E-state index is 10.3. The minimum atomic E-state index is -4.19. The van der Waals surface area contributed by atoms with E-state index >= 15 is 0 Å². The van der Waals surface area contributed by atoms with Crippen molar-refractivity contribution in [2.24, 2.45) is 0 Å². The lowest BCUT2D eigenvalue weighted by molar-refractivity contribution is -0.879. The Balaban J connectivity index is 4.13. The minimum Gasteiger partial charge on any atom is -0.744 e. The van der Waals surface area contributed by atoms with E-state index in [0.29, 0.717) is 0 Å². The van der Waals surface area contributed by atoms with Crippen molar-refractivity contribution in [2.75, 3.05) is 33.1 Å². The molecule has 0 saturated heterocycles. The Morgan fingerprint density at radius 1 is 1.45 bits per heavy atom. The molecule has 0 amide bonds. The van der Waals surface area contributed by atoms with Gasteiger partial charge in [-0.15, -0.1) is 0 Å². The number of quaternary nitrogens is 1. The maximum atomic E-state index is 10.3. The summed E-state index contributed by atoms with van der Waals surface area (Å²) in [6.45, 7) is 0.143. The Bertz CT molecular complexity index is 209. The second-order valence-electron chi connectivity index (χ2n) is 3.07. The van der Waals surface area contributed by atoms with E-state index in [1.807, 2.05) is 0 Å². The van der Waals surface area contributed by atoms with E-state index in [0.717, 1.165) is 0 Å². The first kappa shape index (κ1) is 10.8. The fourth-order valence-electron chi connectivity index (χ4n) is 0.763. The van der Waals surface area contributed by atoms with Crippen LogP contribution in [0, 0.1) is 0 Å². The predicted molar refractivity (Wildman–Crippen MR) is 38.6 cm³/mol. The zero-order valence-corrected chi connectivity index (χ0v) is 7.47. The van der Waals surface area contributed by atoms with Crippen LogP contribution in [0.5, 0.6) is 0 Å². The third kappa shape index (κ3) is 6.24. The van der Waals surface area contributed by atoms with Crippen molar-refractivity contribution in [1.82, 2.24) is 0 Å². The van der Waals surface area contributed by atoms with Crippen LogP contribution < -0.4 is 0 Å². The van der Waals surface area contributed by atoms with Gasteiger partial charge in [0.1, 0.15) is 16.7 Å². The minimum absolute atomic E-state index is 0.00231. The summed E-state index contributed by atoms with van der Waals surface area (Å²) < 4.78 is 30.8. The zero-order valence-electron chi connectivity index (χ0n) is 6.65. The van der Waals surface area contributed by atoms with Crippen LogP contribution in [0.1, 0.15) is 0 Å². The molecule has 0 radical (unpaired) electrons. The molecular weight excluding hydrogens is 170 g/mol. The molecule has 6 heteroatoms. The molecule has 0 saturated carbocycles. The summed E-state index contributed by atoms with van der Waals surface area (Å²) in [6, 6.07) is 0. The second-order valence-corrected chi connectivity index (χ2v) is 4.44. The second kappa shape index (κ2) is 3.48. The van der Waals surface area contributed by atoms with Gasteiger partial charge in [0.15, 0.2) is 5.88 Å². The summed E-state index contributed by atoms with van der Waals surface area (Å²) in [4.78, 5) is 0. The number of likely N-dealkylation sites (N-methyl/N-ethyl adjacent to an activating group) is 1. The number of hydrogen-bond acceptors (Lipinski definition) is 4. The predicted octanol–water partition coefficient (Wildman–Crippen LogP) is -1.44. The Morgan fingerprint density at radius 3 is 2.18 bits per heavy atom. The highest BCUT2D eigenvalue weighted by atomic mass is 32.2. The smallest absolute Gasteiger partial charge is 0.168 e. The highest BCUT2D eigenvalue weighted by Crippen LogP contribution is 1.98. The highest BCUT2D eigenvalue weighted by molar-refractivity contribution is 7.85. The molecular formula is C5H13NO4S. The van der Waals surface area contributed by atoms with E-state index in [2.05, 4.69) is 0 Å². The van der Waals surface area contributed by atoms with Crippen molar-refractivity contribution < 1.29 is 22.6 Å². The van der Waals surface area contributed by atoms with Crippen molar-refractivity contribution in [1.29, 1.82) is 0 Å². The molecule has 0 aliphatic heterocycles. The summed E-state index contributed by atoms with van der Waals surface area (Å²) >= 11 is 0. The molecule has 1 N–H and O–H groups in total. The molecule has 0 aromatic rings. The molecule has 0 atom stereocenters. The van der Waals surface area contributed by atoms with Crippen molar-refractivity contribution in [2.45, 2.75) is 0 Å². The molecule has 0 aromatic heterocycles. The monoisotopic (exact) mass is 183 g/mol. The van der Waals surface area contributed by atoms with Crippen molar-refractivity contribution in [3.05, 3.63) is 0 Å². The van der Waals surface area contributed by atoms with E-state index in [1.54, 1.807) is 14.1 Å². The van der Waals surface area contributed by atoms with Crippen molar-refractivity contribution in [3.8, 4) is 0 Å². The average molecular weight is 183 g/mol. The Labute approximate surface area is 66.6 Å².